The predicted molar refractivity (Wildman–Crippen MR) is 188 cm³/mol. The molecule has 0 aromatic heterocycles. The zero-order valence-corrected chi connectivity index (χ0v) is 28.4. The van der Waals surface area contributed by atoms with Crippen LogP contribution in [0.3, 0.4) is 0 Å². The van der Waals surface area contributed by atoms with E-state index in [4.69, 9.17) is 11.5 Å². The number of hydrogen-bond donors (Lipinski definition) is 6. The summed E-state index contributed by atoms with van der Waals surface area (Å²) in [5.41, 5.74) is 13.6. The lowest BCUT2D eigenvalue weighted by molar-refractivity contribution is -0.134. The van der Waals surface area contributed by atoms with Gasteiger partial charge in [0.05, 0.1) is 11.4 Å². The van der Waals surface area contributed by atoms with Crippen LogP contribution in [0.2, 0.25) is 0 Å². The van der Waals surface area contributed by atoms with Crippen LogP contribution >= 0.6 is 11.8 Å². The first kappa shape index (κ1) is 38.2. The smallest absolute Gasteiger partial charge is 0.329 e. The molecule has 5 atom stereocenters. The normalized spacial score (nSPS) is 16.5. The second kappa shape index (κ2) is 19.6. The summed E-state index contributed by atoms with van der Waals surface area (Å²) in [6.07, 6.45) is 3.59. The van der Waals surface area contributed by atoms with Gasteiger partial charge < -0.3 is 27.4 Å². The van der Waals surface area contributed by atoms with E-state index >= 15 is 0 Å². The highest BCUT2D eigenvalue weighted by Crippen LogP contribution is 2.23. The van der Waals surface area contributed by atoms with E-state index in [1.807, 2.05) is 74.5 Å². The van der Waals surface area contributed by atoms with Gasteiger partial charge in [-0.2, -0.15) is 0 Å². The van der Waals surface area contributed by atoms with Gasteiger partial charge in [0.1, 0.15) is 18.1 Å². The Morgan fingerprint density at radius 1 is 0.792 bits per heavy atom. The van der Waals surface area contributed by atoms with Crippen LogP contribution in [0.5, 0.6) is 0 Å². The fourth-order valence-electron chi connectivity index (χ4n) is 5.12. The van der Waals surface area contributed by atoms with Crippen LogP contribution in [0.25, 0.3) is 0 Å². The maximum atomic E-state index is 13.8. The van der Waals surface area contributed by atoms with E-state index in [1.165, 1.54) is 22.9 Å². The molecule has 8 N–H and O–H groups in total. The molecule has 0 spiro atoms. The summed E-state index contributed by atoms with van der Waals surface area (Å²) >= 11 is 1.32. The molecule has 2 aromatic carbocycles. The first-order chi connectivity index (χ1) is 23.0. The molecule has 1 aliphatic rings. The molecule has 13 heteroatoms. The van der Waals surface area contributed by atoms with E-state index in [2.05, 4.69) is 28.2 Å². The molecule has 0 bridgehead atoms. The lowest BCUT2D eigenvalue weighted by atomic mass is 9.99. The maximum Gasteiger partial charge on any atom is 0.329 e. The zero-order valence-electron chi connectivity index (χ0n) is 27.6. The van der Waals surface area contributed by atoms with Gasteiger partial charge in [0.2, 0.25) is 17.7 Å². The maximum absolute atomic E-state index is 13.8. The number of nitrogens with one attached hydrogen (secondary N) is 4. The lowest BCUT2D eigenvalue weighted by Crippen LogP contribution is -2.59. The van der Waals surface area contributed by atoms with Crippen LogP contribution in [0.1, 0.15) is 50.7 Å². The van der Waals surface area contributed by atoms with Gasteiger partial charge in [0.15, 0.2) is 0 Å². The number of rotatable bonds is 17. The monoisotopic (exact) mass is 678 g/mol. The van der Waals surface area contributed by atoms with Crippen LogP contribution in [-0.4, -0.2) is 70.6 Å². The molecular formula is C35H48N7O5S. The SMILES string of the molecule is [CH2]C1SC=CN1C(=O)NC(=O)[C@@H](CCCCN)NC(=O)[C@@H](CC(C)C)NC(=O)[C@@H](Cc1ccccc1)NC(=O)[C@H](N)Cc1ccccc1. The number of carbonyl (C=O) groups is 5. The number of nitrogens with zero attached hydrogens (tertiary/aromatic N) is 1. The van der Waals surface area contributed by atoms with E-state index in [0.717, 1.165) is 11.1 Å². The highest BCUT2D eigenvalue weighted by Gasteiger charge is 2.32. The molecule has 1 heterocycles. The number of imide groups is 1. The van der Waals surface area contributed by atoms with Crippen LogP contribution in [0, 0.1) is 12.8 Å². The van der Waals surface area contributed by atoms with Gasteiger partial charge in [-0.05, 0) is 68.0 Å². The largest absolute Gasteiger partial charge is 0.343 e. The Labute approximate surface area is 287 Å². The zero-order chi connectivity index (χ0) is 35.1. The van der Waals surface area contributed by atoms with Gasteiger partial charge in [0.25, 0.3) is 5.91 Å². The summed E-state index contributed by atoms with van der Waals surface area (Å²) in [7, 11) is 0. The number of nitrogens with two attached hydrogens (primary N) is 2. The van der Waals surface area contributed by atoms with Crippen LogP contribution in [0.15, 0.2) is 72.3 Å². The average molecular weight is 679 g/mol. The molecule has 12 nitrogen and oxygen atoms in total. The average Bonchev–Trinajstić information content (AvgIpc) is 3.50. The minimum absolute atomic E-state index is 0.0120. The van der Waals surface area contributed by atoms with Crippen molar-refractivity contribution in [1.82, 2.24) is 26.2 Å². The first-order valence-corrected chi connectivity index (χ1v) is 17.2. The number of hydrogen-bond acceptors (Lipinski definition) is 8. The fourth-order valence-corrected chi connectivity index (χ4v) is 5.80. The third kappa shape index (κ3) is 12.4. The Morgan fingerprint density at radius 3 is 1.92 bits per heavy atom. The Morgan fingerprint density at radius 2 is 1.35 bits per heavy atom. The van der Waals surface area contributed by atoms with Gasteiger partial charge >= 0.3 is 6.03 Å². The van der Waals surface area contributed by atoms with E-state index in [1.54, 1.807) is 5.41 Å². The summed E-state index contributed by atoms with van der Waals surface area (Å²) in [4.78, 5) is 68.0. The van der Waals surface area contributed by atoms with Crippen LogP contribution in [0.4, 0.5) is 4.79 Å². The van der Waals surface area contributed by atoms with Gasteiger partial charge in [-0.15, -0.1) is 11.8 Å². The second-order valence-electron chi connectivity index (χ2n) is 12.2. The van der Waals surface area contributed by atoms with Crippen LogP contribution < -0.4 is 32.7 Å². The molecule has 3 rings (SSSR count). The van der Waals surface area contributed by atoms with Crippen molar-refractivity contribution in [3.8, 4) is 0 Å². The molecule has 2 aromatic rings. The third-order valence-electron chi connectivity index (χ3n) is 7.70. The van der Waals surface area contributed by atoms with Crippen molar-refractivity contribution in [3.63, 3.8) is 0 Å². The van der Waals surface area contributed by atoms with Crippen molar-refractivity contribution in [2.75, 3.05) is 6.54 Å². The van der Waals surface area contributed by atoms with Gasteiger partial charge in [-0.3, -0.25) is 29.4 Å². The Kier molecular flexibility index (Phi) is 15.6. The Bertz CT molecular complexity index is 1390. The van der Waals surface area contributed by atoms with Crippen molar-refractivity contribution >= 4 is 41.4 Å². The fraction of sp³-hybridized carbons (Fsp3) is 0.429. The number of benzene rings is 2. The highest BCUT2D eigenvalue weighted by molar-refractivity contribution is 8.03. The topological polar surface area (TPSA) is 189 Å². The molecule has 6 amide bonds. The van der Waals surface area contributed by atoms with E-state index in [-0.39, 0.29) is 31.6 Å². The first-order valence-electron chi connectivity index (χ1n) is 16.2. The molecule has 48 heavy (non-hydrogen) atoms. The molecular weight excluding hydrogens is 630 g/mol. The third-order valence-corrected chi connectivity index (χ3v) is 8.52. The predicted octanol–water partition coefficient (Wildman–Crippen LogP) is 2.34. The van der Waals surface area contributed by atoms with E-state index < -0.39 is 59.2 Å². The number of urea groups is 1. The quantitative estimate of drug-likeness (QED) is 0.138. The van der Waals surface area contributed by atoms with Gasteiger partial charge in [0, 0.05) is 12.6 Å². The number of thioether (sulfide) groups is 1. The molecule has 0 saturated carbocycles. The second-order valence-corrected chi connectivity index (χ2v) is 13.2. The van der Waals surface area contributed by atoms with Crippen molar-refractivity contribution < 1.29 is 24.0 Å². The Balaban J connectivity index is 1.76. The van der Waals surface area contributed by atoms with Crippen molar-refractivity contribution in [3.05, 3.63) is 90.3 Å². The molecule has 0 fully saturated rings. The van der Waals surface area contributed by atoms with Crippen molar-refractivity contribution in [2.24, 2.45) is 17.4 Å². The standard InChI is InChI=1S/C35H48N7O5S/c1-23(2)20-29(33(45)38-28(16-10-11-17-36)32(44)41-35(47)42-18-19-48-24(42)3)40-34(46)30(22-26-14-8-5-9-15-26)39-31(43)27(37)21-25-12-6-4-7-13-25/h4-9,12-15,18-19,23-24,27-30H,3,10-11,16-17,20-22,36-37H2,1-2H3,(H,38,45)(H,39,43)(H,40,46)(H,41,44,47)/t24?,27-,28-,29-,30-/m1/s1. The number of carbonyl (C=O) groups excluding carboxylic acids is 5. The summed E-state index contributed by atoms with van der Waals surface area (Å²) in [6.45, 7) is 8.07. The molecule has 1 unspecified atom stereocenters. The molecule has 1 radical (unpaired) electrons. The summed E-state index contributed by atoms with van der Waals surface area (Å²) in [6, 6.07) is 13.8. The van der Waals surface area contributed by atoms with Gasteiger partial charge in [-0.25, -0.2) is 4.79 Å². The molecule has 0 aliphatic carbocycles. The minimum Gasteiger partial charge on any atom is -0.343 e. The Hall–Kier alpha value is -4.20. The number of unbranched alkanes of at least 4 members (excludes halogenated alkanes) is 1. The summed E-state index contributed by atoms with van der Waals surface area (Å²) < 4.78 is 0. The summed E-state index contributed by atoms with van der Waals surface area (Å²) in [5, 5.41) is 12.0. The van der Waals surface area contributed by atoms with E-state index in [0.29, 0.717) is 19.4 Å². The number of amides is 6. The van der Waals surface area contributed by atoms with E-state index in [9.17, 15) is 24.0 Å². The molecule has 259 valence electrons. The van der Waals surface area contributed by atoms with Crippen LogP contribution in [-0.2, 0) is 32.0 Å². The minimum atomic E-state index is -1.06. The highest BCUT2D eigenvalue weighted by atomic mass is 32.2. The molecule has 1 aliphatic heterocycles. The molecule has 0 saturated heterocycles. The van der Waals surface area contributed by atoms with Crippen molar-refractivity contribution in [1.29, 1.82) is 0 Å². The van der Waals surface area contributed by atoms with Crippen molar-refractivity contribution in [2.45, 2.75) is 81.9 Å². The lowest BCUT2D eigenvalue weighted by Gasteiger charge is -2.27. The van der Waals surface area contributed by atoms with Gasteiger partial charge in [-0.1, -0.05) is 74.5 Å². The summed E-state index contributed by atoms with van der Waals surface area (Å²) in [5.74, 6) is -2.35.